The van der Waals surface area contributed by atoms with Gasteiger partial charge in [-0.1, -0.05) is 108 Å². The number of carbonyl (C=O) groups excluding carboxylic acids is 2. The Kier molecular flexibility index (Phi) is 24.6. The minimum absolute atomic E-state index is 0.207. The van der Waals surface area contributed by atoms with Gasteiger partial charge in [-0.05, 0) is 32.1 Å². The van der Waals surface area contributed by atoms with E-state index in [0.717, 1.165) is 64.2 Å². The topological polar surface area (TPSA) is 152 Å². The molecule has 0 spiro atoms. The molecule has 0 amide bonds. The van der Waals surface area contributed by atoms with Crippen LogP contribution in [0.4, 0.5) is 0 Å². The van der Waals surface area contributed by atoms with E-state index in [2.05, 4.69) is 32.1 Å². The van der Waals surface area contributed by atoms with E-state index >= 15 is 0 Å². The van der Waals surface area contributed by atoms with Gasteiger partial charge >= 0.3 is 11.9 Å². The summed E-state index contributed by atoms with van der Waals surface area (Å²) in [5, 5.41) is 39.7. The Morgan fingerprint density at radius 2 is 1.31 bits per heavy atom. The molecule has 0 bridgehead atoms. The highest BCUT2D eigenvalue weighted by Gasteiger charge is 2.44. The average Bonchev–Trinajstić information content (AvgIpc) is 3.03. The van der Waals surface area contributed by atoms with E-state index in [1.807, 2.05) is 18.2 Å². The van der Waals surface area contributed by atoms with E-state index in [9.17, 15) is 30.0 Å². The molecule has 0 aromatic rings. The van der Waals surface area contributed by atoms with Gasteiger partial charge in [0.15, 0.2) is 12.4 Å². The maximum Gasteiger partial charge on any atom is 0.306 e. The van der Waals surface area contributed by atoms with Gasteiger partial charge in [0.25, 0.3) is 0 Å². The molecule has 10 heteroatoms. The first-order chi connectivity index (χ1) is 21.8. The second-order valence-corrected chi connectivity index (χ2v) is 11.7. The number of aliphatic hydroxyl groups is 4. The Balaban J connectivity index is 2.46. The average molecular weight is 641 g/mol. The number of aliphatic hydroxyl groups excluding tert-OH is 4. The Morgan fingerprint density at radius 3 is 1.96 bits per heavy atom. The molecule has 0 aliphatic carbocycles. The number of allylic oxidation sites excluding steroid dienone is 6. The second-order valence-electron chi connectivity index (χ2n) is 11.7. The van der Waals surface area contributed by atoms with Gasteiger partial charge in [0, 0.05) is 12.8 Å². The normalized spacial score (nSPS) is 22.8. The predicted molar refractivity (Wildman–Crippen MR) is 173 cm³/mol. The van der Waals surface area contributed by atoms with Crippen LogP contribution in [-0.2, 0) is 28.5 Å². The Hall–Kier alpha value is -2.08. The van der Waals surface area contributed by atoms with Crippen LogP contribution in [0.25, 0.3) is 0 Å². The number of rotatable bonds is 26. The third-order valence-electron chi connectivity index (χ3n) is 7.60. The van der Waals surface area contributed by atoms with Crippen molar-refractivity contribution in [2.75, 3.05) is 19.8 Å². The van der Waals surface area contributed by atoms with Gasteiger partial charge in [-0.25, -0.2) is 0 Å². The van der Waals surface area contributed by atoms with Crippen LogP contribution in [-0.4, -0.2) is 89.0 Å². The van der Waals surface area contributed by atoms with Crippen molar-refractivity contribution in [3.8, 4) is 0 Å². The highest BCUT2D eigenvalue weighted by molar-refractivity contribution is 5.70. The van der Waals surface area contributed by atoms with Gasteiger partial charge < -0.3 is 39.4 Å². The Labute approximate surface area is 270 Å². The molecule has 1 aliphatic heterocycles. The summed E-state index contributed by atoms with van der Waals surface area (Å²) in [4.78, 5) is 24.9. The van der Waals surface area contributed by atoms with Crippen molar-refractivity contribution < 1.29 is 49.0 Å². The third kappa shape index (κ3) is 19.9. The van der Waals surface area contributed by atoms with Crippen LogP contribution in [0.2, 0.25) is 0 Å². The summed E-state index contributed by atoms with van der Waals surface area (Å²) < 4.78 is 21.9. The molecule has 260 valence electrons. The fraction of sp³-hybridized carbons (Fsp3) is 0.771. The quantitative estimate of drug-likeness (QED) is 0.0563. The maximum atomic E-state index is 12.6. The van der Waals surface area contributed by atoms with Crippen LogP contribution in [0, 0.1) is 0 Å². The van der Waals surface area contributed by atoms with Crippen molar-refractivity contribution in [2.24, 2.45) is 0 Å². The summed E-state index contributed by atoms with van der Waals surface area (Å²) in [6, 6.07) is 0. The van der Waals surface area contributed by atoms with E-state index in [-0.39, 0.29) is 26.1 Å². The molecule has 1 saturated heterocycles. The predicted octanol–water partition coefficient (Wildman–Crippen LogP) is 5.21. The first kappa shape index (κ1) is 40.9. The van der Waals surface area contributed by atoms with Crippen molar-refractivity contribution in [2.45, 2.75) is 153 Å². The van der Waals surface area contributed by atoms with Crippen molar-refractivity contribution in [1.82, 2.24) is 0 Å². The van der Waals surface area contributed by atoms with Gasteiger partial charge in [0.05, 0.1) is 13.2 Å². The fourth-order valence-electron chi connectivity index (χ4n) is 4.83. The molecule has 1 aliphatic rings. The van der Waals surface area contributed by atoms with E-state index in [0.29, 0.717) is 6.42 Å². The zero-order valence-corrected chi connectivity index (χ0v) is 27.6. The monoisotopic (exact) mass is 640 g/mol. The summed E-state index contributed by atoms with van der Waals surface area (Å²) >= 11 is 0. The highest BCUT2D eigenvalue weighted by atomic mass is 16.7. The molecule has 0 aromatic carbocycles. The minimum Gasteiger partial charge on any atom is -0.462 e. The van der Waals surface area contributed by atoms with Gasteiger partial charge in [-0.15, -0.1) is 0 Å². The van der Waals surface area contributed by atoms with E-state index in [1.165, 1.54) is 19.3 Å². The molecular formula is C35H60O10. The molecule has 0 radical (unpaired) electrons. The molecule has 6 atom stereocenters. The smallest absolute Gasteiger partial charge is 0.306 e. The minimum atomic E-state index is -1.59. The molecular weight excluding hydrogens is 580 g/mol. The van der Waals surface area contributed by atoms with E-state index < -0.39 is 55.4 Å². The molecule has 1 heterocycles. The van der Waals surface area contributed by atoms with Gasteiger partial charge in [-0.3, -0.25) is 9.59 Å². The van der Waals surface area contributed by atoms with Crippen LogP contribution in [0.5, 0.6) is 0 Å². The molecule has 3 unspecified atom stereocenters. The molecule has 1 rings (SSSR count). The fourth-order valence-corrected chi connectivity index (χ4v) is 4.83. The molecule has 10 nitrogen and oxygen atoms in total. The van der Waals surface area contributed by atoms with Crippen molar-refractivity contribution >= 4 is 11.9 Å². The summed E-state index contributed by atoms with van der Waals surface area (Å²) in [5.74, 6) is -0.844. The molecule has 1 fully saturated rings. The van der Waals surface area contributed by atoms with Crippen molar-refractivity contribution in [3.63, 3.8) is 0 Å². The molecule has 45 heavy (non-hydrogen) atoms. The van der Waals surface area contributed by atoms with E-state index in [1.54, 1.807) is 0 Å². The number of ether oxygens (including phenoxy) is 4. The summed E-state index contributed by atoms with van der Waals surface area (Å²) in [7, 11) is 0. The number of unbranched alkanes of at least 4 members (excludes halogenated alkanes) is 11. The lowest BCUT2D eigenvalue weighted by molar-refractivity contribution is -0.305. The largest absolute Gasteiger partial charge is 0.462 e. The standard InChI is InChI=1S/C35H60O10/c1-3-5-7-9-11-12-13-14-15-16-18-20-22-24-31(38)44-28(26-42-30(37)23-21-19-17-10-8-6-4-2)27-43-35-34(41)33(40)32(39)29(25-36)45-35/h5,7,9,11-13,28-29,32-36,39-41H,3-4,6,8,10,14-27H2,1-2H3/b7-5+,11-9+,13-12+/t28?,29-,32+,33?,34?,35-/m0/s1. The lowest BCUT2D eigenvalue weighted by Crippen LogP contribution is -2.59. The molecule has 4 N–H and O–H groups in total. The van der Waals surface area contributed by atoms with Gasteiger partial charge in [0.2, 0.25) is 0 Å². The first-order valence-corrected chi connectivity index (χ1v) is 17.1. The Bertz CT molecular complexity index is 840. The highest BCUT2D eigenvalue weighted by Crippen LogP contribution is 2.22. The van der Waals surface area contributed by atoms with Crippen molar-refractivity contribution in [3.05, 3.63) is 36.5 Å². The van der Waals surface area contributed by atoms with Crippen LogP contribution >= 0.6 is 0 Å². The number of hydrogen-bond acceptors (Lipinski definition) is 10. The second kappa shape index (κ2) is 27.1. The lowest BCUT2D eigenvalue weighted by Gasteiger charge is -2.39. The number of carbonyl (C=O) groups is 2. The third-order valence-corrected chi connectivity index (χ3v) is 7.60. The van der Waals surface area contributed by atoms with Crippen LogP contribution < -0.4 is 0 Å². The number of esters is 2. The van der Waals surface area contributed by atoms with E-state index in [4.69, 9.17) is 18.9 Å². The van der Waals surface area contributed by atoms with Crippen LogP contribution in [0.15, 0.2) is 36.5 Å². The lowest BCUT2D eigenvalue weighted by atomic mass is 9.99. The number of hydrogen-bond donors (Lipinski definition) is 4. The summed E-state index contributed by atoms with van der Waals surface area (Å²) in [6.45, 7) is 3.17. The zero-order valence-electron chi connectivity index (χ0n) is 27.6. The summed E-state index contributed by atoms with van der Waals surface area (Å²) in [5.41, 5.74) is 0. The summed E-state index contributed by atoms with van der Waals surface area (Å²) in [6.07, 6.45) is 19.0. The SMILES string of the molecule is CC/C=C/C=C/C=C/CCCCCCCC(=O)OC(COC(=O)CCCCCCCCC)CO[C@H]1O[C@@H](CO)[C@@H](O)C(O)C1O. The molecule has 0 saturated carbocycles. The first-order valence-electron chi connectivity index (χ1n) is 17.1. The maximum absolute atomic E-state index is 12.6. The zero-order chi connectivity index (χ0) is 33.1. The Morgan fingerprint density at radius 1 is 0.711 bits per heavy atom. The molecule has 0 aromatic heterocycles. The van der Waals surface area contributed by atoms with Gasteiger partial charge in [0.1, 0.15) is 31.0 Å². The van der Waals surface area contributed by atoms with Crippen LogP contribution in [0.3, 0.4) is 0 Å². The van der Waals surface area contributed by atoms with Crippen LogP contribution in [0.1, 0.15) is 117 Å². The van der Waals surface area contributed by atoms with Gasteiger partial charge in [-0.2, -0.15) is 0 Å². The van der Waals surface area contributed by atoms with Crippen molar-refractivity contribution in [1.29, 1.82) is 0 Å².